The fourth-order valence-electron chi connectivity index (χ4n) is 4.77. The van der Waals surface area contributed by atoms with Crippen molar-refractivity contribution in [1.29, 1.82) is 0 Å². The zero-order valence-corrected chi connectivity index (χ0v) is 17.3. The van der Waals surface area contributed by atoms with Crippen LogP contribution in [-0.2, 0) is 9.59 Å². The van der Waals surface area contributed by atoms with Crippen LogP contribution in [0.2, 0.25) is 0 Å². The lowest BCUT2D eigenvalue weighted by molar-refractivity contribution is -0.141. The second kappa shape index (κ2) is 7.08. The summed E-state index contributed by atoms with van der Waals surface area (Å²) in [5, 5.41) is 6.26. The lowest BCUT2D eigenvalue weighted by atomic mass is 9.67. The highest BCUT2D eigenvalue weighted by Gasteiger charge is 2.53. The van der Waals surface area contributed by atoms with Crippen LogP contribution in [0, 0.1) is 11.3 Å². The van der Waals surface area contributed by atoms with Gasteiger partial charge in [0.25, 0.3) is 5.91 Å². The first kappa shape index (κ1) is 20.1. The molecule has 1 spiro atoms. The molecular weight excluding hydrogens is 344 g/mol. The Kier molecular flexibility index (Phi) is 5.27. The minimum Gasteiger partial charge on any atom is -0.336 e. The van der Waals surface area contributed by atoms with E-state index in [0.29, 0.717) is 25.3 Å². The van der Waals surface area contributed by atoms with Crippen LogP contribution in [0.5, 0.6) is 0 Å². The molecule has 4 amide bonds. The lowest BCUT2D eigenvalue weighted by Crippen LogP contribution is -2.59. The summed E-state index contributed by atoms with van der Waals surface area (Å²) >= 11 is 0. The van der Waals surface area contributed by atoms with Crippen LogP contribution in [0.4, 0.5) is 4.79 Å². The van der Waals surface area contributed by atoms with Gasteiger partial charge < -0.3 is 15.5 Å². The smallest absolute Gasteiger partial charge is 0.325 e. The van der Waals surface area contributed by atoms with Gasteiger partial charge in [0.2, 0.25) is 5.91 Å². The Labute approximate surface area is 162 Å². The largest absolute Gasteiger partial charge is 0.336 e. The van der Waals surface area contributed by atoms with Gasteiger partial charge in [-0.05, 0) is 50.9 Å². The van der Waals surface area contributed by atoms with Crippen molar-refractivity contribution in [3.05, 3.63) is 0 Å². The van der Waals surface area contributed by atoms with E-state index in [4.69, 9.17) is 0 Å². The Hall–Kier alpha value is -1.63. The summed E-state index contributed by atoms with van der Waals surface area (Å²) in [5.74, 6) is 0.176. The lowest BCUT2D eigenvalue weighted by Gasteiger charge is -2.41. The third kappa shape index (κ3) is 3.71. The van der Waals surface area contributed by atoms with Crippen molar-refractivity contribution in [2.75, 3.05) is 19.6 Å². The Bertz CT molecular complexity index is 619. The van der Waals surface area contributed by atoms with E-state index in [1.165, 1.54) is 0 Å². The predicted octanol–water partition coefficient (Wildman–Crippen LogP) is 1.72. The molecule has 0 bridgehead atoms. The molecule has 2 atom stereocenters. The van der Waals surface area contributed by atoms with Crippen molar-refractivity contribution in [2.45, 2.75) is 77.9 Å². The van der Waals surface area contributed by atoms with Crippen LogP contribution in [-0.4, -0.2) is 64.9 Å². The van der Waals surface area contributed by atoms with Crippen LogP contribution in [0.3, 0.4) is 0 Å². The minimum absolute atomic E-state index is 0.0446. The third-order valence-electron chi connectivity index (χ3n) is 6.96. The van der Waals surface area contributed by atoms with Gasteiger partial charge in [0, 0.05) is 25.2 Å². The molecule has 27 heavy (non-hydrogen) atoms. The van der Waals surface area contributed by atoms with E-state index in [1.807, 2.05) is 13.8 Å². The molecule has 7 heteroatoms. The van der Waals surface area contributed by atoms with Gasteiger partial charge in [-0.25, -0.2) is 4.79 Å². The number of rotatable bonds is 2. The SMILES string of the molecule is CC1NCCN(C(=O)CN2C(=O)NC3(CCC(C(C)(C)C)CC3)C2=O)C1C. The predicted molar refractivity (Wildman–Crippen MR) is 103 cm³/mol. The maximum absolute atomic E-state index is 13.1. The molecule has 3 fully saturated rings. The van der Waals surface area contributed by atoms with Gasteiger partial charge in [0.15, 0.2) is 0 Å². The summed E-state index contributed by atoms with van der Waals surface area (Å²) in [6, 6.07) is -0.175. The summed E-state index contributed by atoms with van der Waals surface area (Å²) in [6.45, 7) is 11.9. The summed E-state index contributed by atoms with van der Waals surface area (Å²) in [4.78, 5) is 41.3. The second-order valence-electron chi connectivity index (χ2n) is 9.61. The number of hydrogen-bond donors (Lipinski definition) is 2. The molecule has 152 valence electrons. The van der Waals surface area contributed by atoms with E-state index in [9.17, 15) is 14.4 Å². The number of carbonyl (C=O) groups is 3. The maximum Gasteiger partial charge on any atom is 0.325 e. The van der Waals surface area contributed by atoms with Gasteiger partial charge in [-0.2, -0.15) is 0 Å². The number of piperazine rings is 1. The summed E-state index contributed by atoms with van der Waals surface area (Å²) < 4.78 is 0. The summed E-state index contributed by atoms with van der Waals surface area (Å²) in [7, 11) is 0. The van der Waals surface area contributed by atoms with Crippen LogP contribution in [0.15, 0.2) is 0 Å². The van der Waals surface area contributed by atoms with Crippen LogP contribution < -0.4 is 10.6 Å². The number of nitrogens with zero attached hydrogens (tertiary/aromatic N) is 2. The quantitative estimate of drug-likeness (QED) is 0.717. The molecule has 7 nitrogen and oxygen atoms in total. The van der Waals surface area contributed by atoms with E-state index in [-0.39, 0.29) is 35.9 Å². The average Bonchev–Trinajstić information content (AvgIpc) is 2.81. The van der Waals surface area contributed by atoms with Crippen molar-refractivity contribution < 1.29 is 14.4 Å². The van der Waals surface area contributed by atoms with E-state index in [1.54, 1.807) is 4.90 Å². The van der Waals surface area contributed by atoms with E-state index in [2.05, 4.69) is 31.4 Å². The van der Waals surface area contributed by atoms with Crippen molar-refractivity contribution in [3.8, 4) is 0 Å². The average molecular weight is 379 g/mol. The number of imide groups is 1. The first-order valence-corrected chi connectivity index (χ1v) is 10.2. The zero-order chi connectivity index (χ0) is 20.0. The van der Waals surface area contributed by atoms with Crippen LogP contribution >= 0.6 is 0 Å². The fourth-order valence-corrected chi connectivity index (χ4v) is 4.77. The Morgan fingerprint density at radius 3 is 2.41 bits per heavy atom. The maximum atomic E-state index is 13.1. The molecule has 2 N–H and O–H groups in total. The van der Waals surface area contributed by atoms with Gasteiger partial charge >= 0.3 is 6.03 Å². The molecule has 3 aliphatic rings. The number of hydrogen-bond acceptors (Lipinski definition) is 4. The molecule has 2 unspecified atom stereocenters. The molecule has 1 aliphatic carbocycles. The molecule has 0 aromatic rings. The Balaban J connectivity index is 1.66. The van der Waals surface area contributed by atoms with Crippen LogP contribution in [0.1, 0.15) is 60.3 Å². The molecular formula is C20H34N4O3. The van der Waals surface area contributed by atoms with Gasteiger partial charge in [0.05, 0.1) is 0 Å². The second-order valence-corrected chi connectivity index (χ2v) is 9.61. The zero-order valence-electron chi connectivity index (χ0n) is 17.3. The first-order valence-electron chi connectivity index (χ1n) is 10.2. The van der Waals surface area contributed by atoms with Crippen molar-refractivity contribution >= 4 is 17.8 Å². The van der Waals surface area contributed by atoms with E-state index in [0.717, 1.165) is 24.3 Å². The topological polar surface area (TPSA) is 81.8 Å². The van der Waals surface area contributed by atoms with Crippen LogP contribution in [0.25, 0.3) is 0 Å². The highest BCUT2D eigenvalue weighted by molar-refractivity contribution is 6.09. The standard InChI is InChI=1S/C20H34N4O3/c1-13-14(2)23(11-10-21-13)16(25)12-24-17(26)20(22-18(24)27)8-6-15(7-9-20)19(3,4)5/h13-15,21H,6-12H2,1-5H3,(H,22,27). The molecule has 3 rings (SSSR count). The molecule has 0 aromatic carbocycles. The first-order chi connectivity index (χ1) is 12.5. The van der Waals surface area contributed by atoms with Gasteiger partial charge in [-0.1, -0.05) is 20.8 Å². The number of urea groups is 1. The highest BCUT2D eigenvalue weighted by atomic mass is 16.2. The molecule has 2 heterocycles. The molecule has 2 saturated heterocycles. The van der Waals surface area contributed by atoms with Gasteiger partial charge in [-0.3, -0.25) is 14.5 Å². The van der Waals surface area contributed by atoms with Gasteiger partial charge in [-0.15, -0.1) is 0 Å². The molecule has 0 radical (unpaired) electrons. The summed E-state index contributed by atoms with van der Waals surface area (Å²) in [6.07, 6.45) is 3.16. The van der Waals surface area contributed by atoms with E-state index >= 15 is 0 Å². The van der Waals surface area contributed by atoms with Crippen molar-refractivity contribution in [2.24, 2.45) is 11.3 Å². The normalized spacial score (nSPS) is 34.9. The number of carbonyl (C=O) groups excluding carboxylic acids is 3. The number of amides is 4. The Morgan fingerprint density at radius 1 is 1.19 bits per heavy atom. The summed E-state index contributed by atoms with van der Waals surface area (Å²) in [5.41, 5.74) is -0.598. The van der Waals surface area contributed by atoms with E-state index < -0.39 is 11.6 Å². The monoisotopic (exact) mass is 378 g/mol. The molecule has 1 saturated carbocycles. The third-order valence-corrected chi connectivity index (χ3v) is 6.96. The van der Waals surface area contributed by atoms with Crippen molar-refractivity contribution in [3.63, 3.8) is 0 Å². The fraction of sp³-hybridized carbons (Fsp3) is 0.850. The highest BCUT2D eigenvalue weighted by Crippen LogP contribution is 2.43. The molecule has 2 aliphatic heterocycles. The molecule has 0 aromatic heterocycles. The Morgan fingerprint density at radius 2 is 1.81 bits per heavy atom. The van der Waals surface area contributed by atoms with Gasteiger partial charge in [0.1, 0.15) is 12.1 Å². The van der Waals surface area contributed by atoms with Crippen molar-refractivity contribution in [1.82, 2.24) is 20.4 Å². The number of nitrogens with one attached hydrogen (secondary N) is 2. The minimum atomic E-state index is -0.804.